The second kappa shape index (κ2) is 9.18. The topological polar surface area (TPSA) is 66.9 Å². The molecule has 0 radical (unpaired) electrons. The average Bonchev–Trinajstić information content (AvgIpc) is 2.77. The Bertz CT molecular complexity index is 1200. The van der Waals surface area contributed by atoms with Crippen LogP contribution >= 0.6 is 12.2 Å². The Balaban J connectivity index is 1.56. The highest BCUT2D eigenvalue weighted by Gasteiger charge is 2.28. The molecule has 3 atom stereocenters. The van der Waals surface area contributed by atoms with Crippen molar-refractivity contribution >= 4 is 29.0 Å². The molecule has 1 amide bonds. The van der Waals surface area contributed by atoms with Gasteiger partial charge in [0, 0.05) is 18.2 Å². The number of fused-ring (bicyclic) bond motifs is 1. The Morgan fingerprint density at radius 1 is 1.16 bits per heavy atom. The van der Waals surface area contributed by atoms with Crippen LogP contribution in [-0.4, -0.2) is 21.5 Å². The third-order valence-corrected chi connectivity index (χ3v) is 7.06. The lowest BCUT2D eigenvalue weighted by Crippen LogP contribution is -2.43. The van der Waals surface area contributed by atoms with E-state index in [1.54, 1.807) is 22.8 Å². The van der Waals surface area contributed by atoms with Gasteiger partial charge in [-0.05, 0) is 60.7 Å². The maximum atomic E-state index is 13.0. The van der Waals surface area contributed by atoms with Crippen LogP contribution in [0.25, 0.3) is 10.9 Å². The lowest BCUT2D eigenvalue weighted by Gasteiger charge is -2.34. The molecule has 1 fully saturated rings. The van der Waals surface area contributed by atoms with Gasteiger partial charge in [0.1, 0.15) is 0 Å². The zero-order valence-corrected chi connectivity index (χ0v) is 18.9. The van der Waals surface area contributed by atoms with Gasteiger partial charge in [0.25, 0.3) is 11.5 Å². The monoisotopic (exact) mass is 435 g/mol. The molecule has 2 N–H and O–H groups in total. The number of rotatable bonds is 5. The van der Waals surface area contributed by atoms with Crippen molar-refractivity contribution in [2.24, 2.45) is 11.8 Å². The van der Waals surface area contributed by atoms with Crippen molar-refractivity contribution in [2.75, 3.05) is 0 Å². The van der Waals surface area contributed by atoms with Gasteiger partial charge in [0.15, 0.2) is 4.77 Å². The van der Waals surface area contributed by atoms with Crippen LogP contribution < -0.4 is 10.9 Å². The van der Waals surface area contributed by atoms with Crippen molar-refractivity contribution in [3.63, 3.8) is 0 Å². The fraction of sp³-hybridized carbons (Fsp3) is 0.400. The molecule has 5 nitrogen and oxygen atoms in total. The van der Waals surface area contributed by atoms with Crippen molar-refractivity contribution in [1.29, 1.82) is 0 Å². The molecule has 1 aliphatic carbocycles. The number of hydrogen-bond acceptors (Lipinski definition) is 3. The predicted molar refractivity (Wildman–Crippen MR) is 127 cm³/mol. The zero-order chi connectivity index (χ0) is 22.0. The van der Waals surface area contributed by atoms with Crippen molar-refractivity contribution < 1.29 is 4.79 Å². The summed E-state index contributed by atoms with van der Waals surface area (Å²) in [4.78, 5) is 29.0. The van der Waals surface area contributed by atoms with E-state index in [1.807, 2.05) is 30.3 Å². The highest BCUT2D eigenvalue weighted by molar-refractivity contribution is 7.71. The average molecular weight is 436 g/mol. The number of H-pyrrole nitrogens is 1. The van der Waals surface area contributed by atoms with Gasteiger partial charge in [-0.15, -0.1) is 0 Å². The van der Waals surface area contributed by atoms with Crippen molar-refractivity contribution in [3.05, 3.63) is 74.8 Å². The van der Waals surface area contributed by atoms with E-state index < -0.39 is 0 Å². The number of nitrogens with zero attached hydrogens (tertiary/aromatic N) is 1. The maximum absolute atomic E-state index is 13.0. The first-order valence-electron chi connectivity index (χ1n) is 11.1. The minimum Gasteiger partial charge on any atom is -0.349 e. The van der Waals surface area contributed by atoms with E-state index >= 15 is 0 Å². The first-order valence-corrected chi connectivity index (χ1v) is 11.5. The molecular weight excluding hydrogens is 406 g/mol. The molecule has 4 rings (SSSR count). The van der Waals surface area contributed by atoms with E-state index in [0.29, 0.717) is 39.6 Å². The first kappa shape index (κ1) is 21.5. The summed E-state index contributed by atoms with van der Waals surface area (Å²) in [5, 5.41) is 3.74. The Morgan fingerprint density at radius 3 is 2.71 bits per heavy atom. The van der Waals surface area contributed by atoms with Crippen LogP contribution in [0.15, 0.2) is 53.3 Å². The first-order chi connectivity index (χ1) is 14.9. The van der Waals surface area contributed by atoms with Crippen molar-refractivity contribution in [2.45, 2.75) is 52.1 Å². The van der Waals surface area contributed by atoms with Gasteiger partial charge in [-0.1, -0.05) is 57.0 Å². The smallest absolute Gasteiger partial charge is 0.262 e. The summed E-state index contributed by atoms with van der Waals surface area (Å²) in [6, 6.07) is 15.4. The summed E-state index contributed by atoms with van der Waals surface area (Å²) < 4.78 is 1.97. The molecule has 0 bridgehead atoms. The lowest BCUT2D eigenvalue weighted by molar-refractivity contribution is 0.0891. The van der Waals surface area contributed by atoms with Crippen LogP contribution in [0.3, 0.4) is 0 Å². The molecule has 1 aromatic heterocycles. The van der Waals surface area contributed by atoms with Crippen LogP contribution in [0.5, 0.6) is 0 Å². The standard InChI is InChI=1S/C25H29N3O2S/c1-16-7-6-10-21(17(16)2)26-23(29)19-11-12-20-22(15-19)27-25(31)28(24(20)30)14-13-18-8-4-3-5-9-18/h3-5,8-9,11-12,15-17,21H,6-7,10,13-14H2,1-2H3,(H,26,29)(H,27,31)/t16-,17+,21-/m1/s1. The molecule has 0 saturated heterocycles. The molecule has 31 heavy (non-hydrogen) atoms. The third-order valence-electron chi connectivity index (χ3n) is 6.73. The van der Waals surface area contributed by atoms with Crippen LogP contribution in [0, 0.1) is 16.6 Å². The third kappa shape index (κ3) is 4.64. The largest absolute Gasteiger partial charge is 0.349 e. The minimum absolute atomic E-state index is 0.0968. The van der Waals surface area contributed by atoms with Gasteiger partial charge in [0.2, 0.25) is 0 Å². The Labute approximate surface area is 187 Å². The van der Waals surface area contributed by atoms with Gasteiger partial charge in [0.05, 0.1) is 10.9 Å². The van der Waals surface area contributed by atoms with Gasteiger partial charge >= 0.3 is 0 Å². The Morgan fingerprint density at radius 2 is 1.94 bits per heavy atom. The van der Waals surface area contributed by atoms with E-state index in [1.165, 1.54) is 6.42 Å². The number of aromatic amines is 1. The molecule has 0 aliphatic heterocycles. The number of carbonyl (C=O) groups is 1. The Hall–Kier alpha value is -2.73. The molecule has 0 spiro atoms. The van der Waals surface area contributed by atoms with Gasteiger partial charge in [-0.2, -0.15) is 0 Å². The summed E-state index contributed by atoms with van der Waals surface area (Å²) in [5.41, 5.74) is 2.17. The quantitative estimate of drug-likeness (QED) is 0.563. The summed E-state index contributed by atoms with van der Waals surface area (Å²) in [6.07, 6.45) is 4.10. The molecule has 162 valence electrons. The Kier molecular flexibility index (Phi) is 6.37. The number of carbonyl (C=O) groups excluding carboxylic acids is 1. The molecule has 1 aliphatic rings. The van der Waals surface area contributed by atoms with E-state index in [0.717, 1.165) is 24.8 Å². The number of amides is 1. The number of hydrogen-bond donors (Lipinski definition) is 2. The van der Waals surface area contributed by atoms with Crippen LogP contribution in [0.2, 0.25) is 0 Å². The number of benzene rings is 2. The zero-order valence-electron chi connectivity index (χ0n) is 18.1. The molecule has 0 unspecified atom stereocenters. The van der Waals surface area contributed by atoms with Gasteiger partial charge < -0.3 is 10.3 Å². The van der Waals surface area contributed by atoms with Gasteiger partial charge in [-0.3, -0.25) is 14.2 Å². The normalized spacial score (nSPS) is 21.2. The van der Waals surface area contributed by atoms with Crippen molar-refractivity contribution in [1.82, 2.24) is 14.9 Å². The van der Waals surface area contributed by atoms with Crippen LogP contribution in [0.1, 0.15) is 49.0 Å². The summed E-state index contributed by atoms with van der Waals surface area (Å²) in [5.74, 6) is 0.974. The van der Waals surface area contributed by atoms with E-state index in [9.17, 15) is 9.59 Å². The second-order valence-electron chi connectivity index (χ2n) is 8.73. The van der Waals surface area contributed by atoms with E-state index in [4.69, 9.17) is 12.2 Å². The predicted octanol–water partition coefficient (Wildman–Crippen LogP) is 4.86. The second-order valence-corrected chi connectivity index (χ2v) is 9.12. The van der Waals surface area contributed by atoms with Crippen LogP contribution in [0.4, 0.5) is 0 Å². The molecule has 1 heterocycles. The molecule has 3 aromatic rings. The number of nitrogens with one attached hydrogen (secondary N) is 2. The van der Waals surface area contributed by atoms with Crippen molar-refractivity contribution in [3.8, 4) is 0 Å². The highest BCUT2D eigenvalue weighted by Crippen LogP contribution is 2.29. The molecular formula is C25H29N3O2S. The van der Waals surface area contributed by atoms with E-state index in [2.05, 4.69) is 24.1 Å². The molecule has 1 saturated carbocycles. The minimum atomic E-state index is -0.128. The SMILES string of the molecule is C[C@H]1[C@H](C)CCC[C@H]1NC(=O)c1ccc2c(=O)n(CCc3ccccc3)c(=S)[nH]c2c1. The van der Waals surface area contributed by atoms with Gasteiger partial charge in [-0.25, -0.2) is 0 Å². The van der Waals surface area contributed by atoms with Crippen LogP contribution in [-0.2, 0) is 13.0 Å². The summed E-state index contributed by atoms with van der Waals surface area (Å²) in [7, 11) is 0. The fourth-order valence-electron chi connectivity index (χ4n) is 4.52. The number of aromatic nitrogens is 2. The lowest BCUT2D eigenvalue weighted by atomic mass is 9.78. The molecule has 2 aromatic carbocycles. The molecule has 6 heteroatoms. The number of aryl methyl sites for hydroxylation is 1. The maximum Gasteiger partial charge on any atom is 0.262 e. The fourth-order valence-corrected chi connectivity index (χ4v) is 4.81. The summed E-state index contributed by atoms with van der Waals surface area (Å²) >= 11 is 5.46. The van der Waals surface area contributed by atoms with E-state index in [-0.39, 0.29) is 17.5 Å². The highest BCUT2D eigenvalue weighted by atomic mass is 32.1. The summed E-state index contributed by atoms with van der Waals surface area (Å²) in [6.45, 7) is 4.97.